The molecule has 1 amide bonds. The van der Waals surface area contributed by atoms with Crippen LogP contribution in [-0.2, 0) is 11.3 Å². The molecular formula is C14H16F2N4O. The number of anilines is 1. The summed E-state index contributed by atoms with van der Waals surface area (Å²) >= 11 is 0. The van der Waals surface area contributed by atoms with E-state index in [1.807, 2.05) is 0 Å². The molecular weight excluding hydrogens is 278 g/mol. The lowest BCUT2D eigenvalue weighted by molar-refractivity contribution is -0.121. The Morgan fingerprint density at radius 1 is 1.43 bits per heavy atom. The van der Waals surface area contributed by atoms with Crippen LogP contribution in [0.3, 0.4) is 0 Å². The van der Waals surface area contributed by atoms with Crippen LogP contribution in [0.25, 0.3) is 11.0 Å². The molecule has 1 aliphatic carbocycles. The number of hydrogen-bond acceptors (Lipinski definition) is 3. The molecule has 1 fully saturated rings. The Balaban J connectivity index is 1.72. The smallest absolute Gasteiger partial charge is 0.220 e. The molecule has 112 valence electrons. The van der Waals surface area contributed by atoms with Gasteiger partial charge in [0, 0.05) is 19.0 Å². The van der Waals surface area contributed by atoms with Gasteiger partial charge < -0.3 is 15.6 Å². The highest BCUT2D eigenvalue weighted by Crippen LogP contribution is 2.23. The molecule has 3 N–H and O–H groups in total. The second-order valence-corrected chi connectivity index (χ2v) is 5.30. The van der Waals surface area contributed by atoms with Gasteiger partial charge in [0.2, 0.25) is 11.9 Å². The summed E-state index contributed by atoms with van der Waals surface area (Å²) in [4.78, 5) is 15.6. The van der Waals surface area contributed by atoms with Crippen molar-refractivity contribution in [1.82, 2.24) is 14.9 Å². The SMILES string of the molecule is Nc1nc2ccc(F)c(F)c2n1CCCC(=O)NC1CC1. The quantitative estimate of drug-likeness (QED) is 0.885. The van der Waals surface area contributed by atoms with Gasteiger partial charge in [-0.25, -0.2) is 13.8 Å². The molecule has 0 atom stereocenters. The highest BCUT2D eigenvalue weighted by molar-refractivity contribution is 5.79. The zero-order valence-corrected chi connectivity index (χ0v) is 11.4. The third-order valence-electron chi connectivity index (χ3n) is 3.56. The van der Waals surface area contributed by atoms with Gasteiger partial charge in [-0.2, -0.15) is 0 Å². The number of fused-ring (bicyclic) bond motifs is 1. The van der Waals surface area contributed by atoms with Gasteiger partial charge >= 0.3 is 0 Å². The van der Waals surface area contributed by atoms with E-state index in [1.54, 1.807) is 0 Å². The maximum Gasteiger partial charge on any atom is 0.220 e. The van der Waals surface area contributed by atoms with E-state index in [9.17, 15) is 13.6 Å². The average Bonchev–Trinajstić information content (AvgIpc) is 3.18. The standard InChI is InChI=1S/C14H16F2N4O/c15-9-5-6-10-13(12(9)16)20(14(17)19-10)7-1-2-11(21)18-8-3-4-8/h5-6,8H,1-4,7H2,(H2,17,19)(H,18,21). The number of nitrogens with zero attached hydrogens (tertiary/aromatic N) is 2. The van der Waals surface area contributed by atoms with Crippen molar-refractivity contribution in [3.8, 4) is 0 Å². The van der Waals surface area contributed by atoms with Crippen molar-refractivity contribution < 1.29 is 13.6 Å². The Labute approximate surface area is 120 Å². The van der Waals surface area contributed by atoms with Crippen molar-refractivity contribution in [1.29, 1.82) is 0 Å². The van der Waals surface area contributed by atoms with Crippen molar-refractivity contribution in [3.05, 3.63) is 23.8 Å². The maximum absolute atomic E-state index is 13.9. The molecule has 0 unspecified atom stereocenters. The lowest BCUT2D eigenvalue weighted by Crippen LogP contribution is -2.25. The van der Waals surface area contributed by atoms with Crippen LogP contribution in [-0.4, -0.2) is 21.5 Å². The predicted molar refractivity (Wildman–Crippen MR) is 74.5 cm³/mol. The number of imidazole rings is 1. The van der Waals surface area contributed by atoms with Gasteiger partial charge in [0.05, 0.1) is 5.52 Å². The van der Waals surface area contributed by atoms with E-state index >= 15 is 0 Å². The largest absolute Gasteiger partial charge is 0.369 e. The highest BCUT2D eigenvalue weighted by atomic mass is 19.2. The summed E-state index contributed by atoms with van der Waals surface area (Å²) in [5.41, 5.74) is 6.11. The van der Waals surface area contributed by atoms with Gasteiger partial charge in [-0.1, -0.05) is 0 Å². The van der Waals surface area contributed by atoms with Crippen molar-refractivity contribution >= 4 is 22.9 Å². The molecule has 0 saturated heterocycles. The summed E-state index contributed by atoms with van der Waals surface area (Å²) in [6, 6.07) is 2.74. The number of rotatable bonds is 5. The molecule has 1 aliphatic rings. The number of aryl methyl sites for hydroxylation is 1. The maximum atomic E-state index is 13.9. The Morgan fingerprint density at radius 2 is 2.19 bits per heavy atom. The summed E-state index contributed by atoms with van der Waals surface area (Å²) < 4.78 is 28.6. The van der Waals surface area contributed by atoms with Crippen LogP contribution < -0.4 is 11.1 Å². The Kier molecular flexibility index (Phi) is 3.48. The first-order valence-electron chi connectivity index (χ1n) is 6.95. The van der Waals surface area contributed by atoms with E-state index in [-0.39, 0.29) is 17.4 Å². The molecule has 1 saturated carbocycles. The third kappa shape index (κ3) is 2.81. The lowest BCUT2D eigenvalue weighted by atomic mass is 10.2. The van der Waals surface area contributed by atoms with Gasteiger partial charge in [0.1, 0.15) is 5.52 Å². The van der Waals surface area contributed by atoms with Gasteiger partial charge in [0.15, 0.2) is 11.6 Å². The van der Waals surface area contributed by atoms with Gasteiger partial charge in [-0.15, -0.1) is 0 Å². The highest BCUT2D eigenvalue weighted by Gasteiger charge is 2.23. The molecule has 2 aromatic rings. The van der Waals surface area contributed by atoms with Crippen LogP contribution in [0, 0.1) is 11.6 Å². The Morgan fingerprint density at radius 3 is 2.90 bits per heavy atom. The Bertz CT molecular complexity index is 694. The molecule has 0 radical (unpaired) electrons. The molecule has 3 rings (SSSR count). The van der Waals surface area contributed by atoms with Crippen molar-refractivity contribution in [2.24, 2.45) is 0 Å². The zero-order valence-electron chi connectivity index (χ0n) is 11.4. The van der Waals surface area contributed by atoms with E-state index in [1.165, 1.54) is 10.6 Å². The minimum Gasteiger partial charge on any atom is -0.369 e. The summed E-state index contributed by atoms with van der Waals surface area (Å²) in [6.45, 7) is 0.320. The molecule has 21 heavy (non-hydrogen) atoms. The number of nitrogen functional groups attached to an aromatic ring is 1. The summed E-state index contributed by atoms with van der Waals surface area (Å²) in [5.74, 6) is -1.79. The summed E-state index contributed by atoms with van der Waals surface area (Å²) in [7, 11) is 0. The fourth-order valence-corrected chi connectivity index (χ4v) is 2.33. The fraction of sp³-hybridized carbons (Fsp3) is 0.429. The summed E-state index contributed by atoms with van der Waals surface area (Å²) in [6.07, 6.45) is 2.89. The first-order chi connectivity index (χ1) is 10.1. The van der Waals surface area contributed by atoms with E-state index in [2.05, 4.69) is 10.3 Å². The topological polar surface area (TPSA) is 72.9 Å². The first-order valence-corrected chi connectivity index (χ1v) is 6.95. The van der Waals surface area contributed by atoms with Crippen molar-refractivity contribution in [2.45, 2.75) is 38.3 Å². The average molecular weight is 294 g/mol. The lowest BCUT2D eigenvalue weighted by Gasteiger charge is -2.07. The van der Waals surface area contributed by atoms with Crippen LogP contribution in [0.15, 0.2) is 12.1 Å². The van der Waals surface area contributed by atoms with Gasteiger partial charge in [0.25, 0.3) is 0 Å². The van der Waals surface area contributed by atoms with Crippen molar-refractivity contribution in [2.75, 3.05) is 5.73 Å². The molecule has 0 aliphatic heterocycles. The van der Waals surface area contributed by atoms with Crippen LogP contribution in [0.5, 0.6) is 0 Å². The van der Waals surface area contributed by atoms with Gasteiger partial charge in [-0.3, -0.25) is 4.79 Å². The van der Waals surface area contributed by atoms with E-state index < -0.39 is 11.6 Å². The van der Waals surface area contributed by atoms with E-state index in [0.717, 1.165) is 18.9 Å². The number of carbonyl (C=O) groups is 1. The van der Waals surface area contributed by atoms with E-state index in [0.29, 0.717) is 30.9 Å². The normalized spacial score (nSPS) is 14.6. The molecule has 0 bridgehead atoms. The first kappa shape index (κ1) is 13.8. The number of nitrogens with one attached hydrogen (secondary N) is 1. The second kappa shape index (κ2) is 5.31. The van der Waals surface area contributed by atoms with Gasteiger partial charge in [-0.05, 0) is 31.4 Å². The summed E-state index contributed by atoms with van der Waals surface area (Å²) in [5, 5.41) is 2.88. The van der Waals surface area contributed by atoms with Crippen molar-refractivity contribution in [3.63, 3.8) is 0 Å². The molecule has 1 aromatic heterocycles. The zero-order chi connectivity index (χ0) is 15.0. The number of halogens is 2. The number of carbonyl (C=O) groups excluding carboxylic acids is 1. The number of aromatic nitrogens is 2. The fourth-order valence-electron chi connectivity index (χ4n) is 2.33. The molecule has 5 nitrogen and oxygen atoms in total. The molecule has 0 spiro atoms. The van der Waals surface area contributed by atoms with Crippen LogP contribution in [0.4, 0.5) is 14.7 Å². The minimum atomic E-state index is -0.959. The number of benzene rings is 1. The predicted octanol–water partition coefficient (Wildman–Crippen LogP) is 1.96. The number of amides is 1. The van der Waals surface area contributed by atoms with E-state index in [4.69, 9.17) is 5.73 Å². The third-order valence-corrected chi connectivity index (χ3v) is 3.56. The van der Waals surface area contributed by atoms with Crippen LogP contribution in [0.2, 0.25) is 0 Å². The molecule has 1 heterocycles. The molecule has 1 aromatic carbocycles. The number of nitrogens with two attached hydrogens (primary N) is 1. The Hall–Kier alpha value is -2.18. The van der Waals surface area contributed by atoms with Crippen LogP contribution >= 0.6 is 0 Å². The van der Waals surface area contributed by atoms with Crippen LogP contribution in [0.1, 0.15) is 25.7 Å². The monoisotopic (exact) mass is 294 g/mol. The molecule has 7 heteroatoms. The number of hydrogen-bond donors (Lipinski definition) is 2. The minimum absolute atomic E-state index is 0.0212. The second-order valence-electron chi connectivity index (χ2n) is 5.30.